The van der Waals surface area contributed by atoms with Gasteiger partial charge in [-0.1, -0.05) is 19.8 Å². The molecule has 0 radical (unpaired) electrons. The predicted molar refractivity (Wildman–Crippen MR) is 114 cm³/mol. The van der Waals surface area contributed by atoms with Crippen LogP contribution >= 0.6 is 12.4 Å². The Bertz CT molecular complexity index is 534. The summed E-state index contributed by atoms with van der Waals surface area (Å²) in [5.74, 6) is 1.78. The van der Waals surface area contributed by atoms with Crippen molar-refractivity contribution in [1.82, 2.24) is 9.80 Å². The molecule has 1 fully saturated rings. The Kier molecular flexibility index (Phi) is 12.5. The number of halogens is 1. The first-order valence-corrected chi connectivity index (χ1v) is 10.2. The third-order valence-corrected chi connectivity index (χ3v) is 4.63. The molecule has 1 heterocycles. The van der Waals surface area contributed by atoms with E-state index < -0.39 is 0 Å². The molecule has 160 valence electrons. The highest BCUT2D eigenvalue weighted by Crippen LogP contribution is 2.18. The van der Waals surface area contributed by atoms with E-state index in [9.17, 15) is 4.79 Å². The summed E-state index contributed by atoms with van der Waals surface area (Å²) in [7, 11) is 0. The monoisotopic (exact) mass is 414 g/mol. The number of piperazine rings is 1. The van der Waals surface area contributed by atoms with Crippen LogP contribution in [0.4, 0.5) is 4.79 Å². The van der Waals surface area contributed by atoms with Crippen LogP contribution in [0.15, 0.2) is 24.3 Å². The van der Waals surface area contributed by atoms with Gasteiger partial charge >= 0.3 is 6.09 Å². The minimum atomic E-state index is -0.196. The fourth-order valence-electron chi connectivity index (χ4n) is 3.02. The van der Waals surface area contributed by atoms with Crippen molar-refractivity contribution in [3.63, 3.8) is 0 Å². The van der Waals surface area contributed by atoms with Crippen LogP contribution in [0.3, 0.4) is 0 Å². The molecule has 1 aromatic rings. The van der Waals surface area contributed by atoms with Crippen LogP contribution < -0.4 is 9.47 Å². The summed E-state index contributed by atoms with van der Waals surface area (Å²) in [5, 5.41) is 0. The molecule has 0 spiro atoms. The predicted octanol–water partition coefficient (Wildman–Crippen LogP) is 4.22. The van der Waals surface area contributed by atoms with Gasteiger partial charge in [-0.05, 0) is 44.0 Å². The molecule has 1 aliphatic heterocycles. The van der Waals surface area contributed by atoms with E-state index in [-0.39, 0.29) is 18.5 Å². The first-order valence-electron chi connectivity index (χ1n) is 10.2. The molecule has 1 saturated heterocycles. The van der Waals surface area contributed by atoms with E-state index in [4.69, 9.17) is 14.2 Å². The van der Waals surface area contributed by atoms with Crippen LogP contribution in [0.1, 0.15) is 39.5 Å². The second kappa shape index (κ2) is 14.4. The van der Waals surface area contributed by atoms with Crippen molar-refractivity contribution in [2.24, 2.45) is 0 Å². The number of hydrogen-bond acceptors (Lipinski definition) is 5. The highest BCUT2D eigenvalue weighted by atomic mass is 35.5. The van der Waals surface area contributed by atoms with Gasteiger partial charge in [0.1, 0.15) is 11.5 Å². The second-order valence-corrected chi connectivity index (χ2v) is 6.76. The quantitative estimate of drug-likeness (QED) is 0.507. The molecule has 0 aliphatic carbocycles. The Morgan fingerprint density at radius 3 is 2.00 bits per heavy atom. The minimum absolute atomic E-state index is 0. The van der Waals surface area contributed by atoms with E-state index in [1.807, 2.05) is 31.2 Å². The van der Waals surface area contributed by atoms with Gasteiger partial charge in [0.25, 0.3) is 0 Å². The Balaban J connectivity index is 0.00000392. The molecule has 1 aromatic carbocycles. The van der Waals surface area contributed by atoms with Gasteiger partial charge < -0.3 is 19.1 Å². The third kappa shape index (κ3) is 9.02. The molecule has 0 bridgehead atoms. The van der Waals surface area contributed by atoms with E-state index >= 15 is 0 Å². The fraction of sp³-hybridized carbons (Fsp3) is 0.667. The molecule has 1 amide bonds. The molecule has 28 heavy (non-hydrogen) atoms. The molecular weight excluding hydrogens is 380 g/mol. The van der Waals surface area contributed by atoms with Gasteiger partial charge in [0.05, 0.1) is 19.8 Å². The van der Waals surface area contributed by atoms with Gasteiger partial charge in [0, 0.05) is 32.7 Å². The van der Waals surface area contributed by atoms with E-state index in [2.05, 4.69) is 11.8 Å². The number of rotatable bonds is 11. The van der Waals surface area contributed by atoms with Crippen molar-refractivity contribution in [3.05, 3.63) is 24.3 Å². The summed E-state index contributed by atoms with van der Waals surface area (Å²) in [4.78, 5) is 15.8. The Hall–Kier alpha value is -1.66. The number of unbranched alkanes of at least 4 members (excludes halogenated alkanes) is 2. The first-order chi connectivity index (χ1) is 13.2. The summed E-state index contributed by atoms with van der Waals surface area (Å²) in [6.07, 6.45) is 4.28. The molecule has 7 heteroatoms. The van der Waals surface area contributed by atoms with E-state index in [0.717, 1.165) is 63.7 Å². The SMILES string of the molecule is CCCCCOc1ccc(OCCCN2CCN(C(=O)OCC)CC2)cc1.Cl. The molecule has 0 N–H and O–H groups in total. The normalized spacial score (nSPS) is 14.3. The number of ether oxygens (including phenoxy) is 3. The van der Waals surface area contributed by atoms with E-state index in [1.54, 1.807) is 4.90 Å². The van der Waals surface area contributed by atoms with Crippen LogP contribution in [0.2, 0.25) is 0 Å². The van der Waals surface area contributed by atoms with Crippen LogP contribution in [0.25, 0.3) is 0 Å². The maximum absolute atomic E-state index is 11.7. The van der Waals surface area contributed by atoms with E-state index in [0.29, 0.717) is 13.2 Å². The van der Waals surface area contributed by atoms with Crippen molar-refractivity contribution in [3.8, 4) is 11.5 Å². The summed E-state index contributed by atoms with van der Waals surface area (Å²) in [6, 6.07) is 7.87. The third-order valence-electron chi connectivity index (χ3n) is 4.63. The van der Waals surface area contributed by atoms with Gasteiger partial charge in [-0.25, -0.2) is 4.79 Å². The van der Waals surface area contributed by atoms with Gasteiger partial charge in [-0.2, -0.15) is 0 Å². The zero-order valence-corrected chi connectivity index (χ0v) is 18.0. The fourth-order valence-corrected chi connectivity index (χ4v) is 3.02. The zero-order chi connectivity index (χ0) is 19.3. The van der Waals surface area contributed by atoms with Crippen molar-refractivity contribution < 1.29 is 19.0 Å². The highest BCUT2D eigenvalue weighted by molar-refractivity contribution is 5.85. The van der Waals surface area contributed by atoms with Crippen molar-refractivity contribution in [2.75, 3.05) is 52.5 Å². The molecule has 2 rings (SSSR count). The maximum Gasteiger partial charge on any atom is 0.409 e. The number of benzene rings is 1. The van der Waals surface area contributed by atoms with Crippen LogP contribution in [0, 0.1) is 0 Å². The molecule has 0 aromatic heterocycles. The maximum atomic E-state index is 11.7. The number of carbonyl (C=O) groups is 1. The second-order valence-electron chi connectivity index (χ2n) is 6.76. The van der Waals surface area contributed by atoms with Crippen LogP contribution in [-0.4, -0.2) is 68.4 Å². The molecule has 0 atom stereocenters. The molecular formula is C21H35ClN2O4. The van der Waals surface area contributed by atoms with Crippen molar-refractivity contribution in [2.45, 2.75) is 39.5 Å². The summed E-state index contributed by atoms with van der Waals surface area (Å²) < 4.78 is 16.6. The van der Waals surface area contributed by atoms with Crippen molar-refractivity contribution in [1.29, 1.82) is 0 Å². The lowest BCUT2D eigenvalue weighted by Gasteiger charge is -2.33. The zero-order valence-electron chi connectivity index (χ0n) is 17.2. The topological polar surface area (TPSA) is 51.2 Å². The number of hydrogen-bond donors (Lipinski definition) is 0. The molecule has 0 saturated carbocycles. The van der Waals surface area contributed by atoms with Gasteiger partial charge in [0.15, 0.2) is 0 Å². The van der Waals surface area contributed by atoms with Crippen LogP contribution in [0.5, 0.6) is 11.5 Å². The lowest BCUT2D eigenvalue weighted by Crippen LogP contribution is -2.49. The average molecular weight is 415 g/mol. The molecule has 0 unspecified atom stereocenters. The van der Waals surface area contributed by atoms with Crippen LogP contribution in [-0.2, 0) is 4.74 Å². The molecule has 6 nitrogen and oxygen atoms in total. The summed E-state index contributed by atoms with van der Waals surface area (Å²) in [5.41, 5.74) is 0. The Morgan fingerprint density at radius 1 is 0.893 bits per heavy atom. The highest BCUT2D eigenvalue weighted by Gasteiger charge is 2.21. The van der Waals surface area contributed by atoms with Gasteiger partial charge in [0.2, 0.25) is 0 Å². The van der Waals surface area contributed by atoms with Crippen molar-refractivity contribution >= 4 is 18.5 Å². The largest absolute Gasteiger partial charge is 0.494 e. The standard InChI is InChI=1S/C21H34N2O4.ClH/c1-3-5-6-17-26-19-8-10-20(11-9-19)27-18-7-12-22-13-15-23(16-14-22)21(24)25-4-2;/h8-11H,3-7,12-18H2,1-2H3;1H. The average Bonchev–Trinajstić information content (AvgIpc) is 2.70. The number of nitrogens with zero attached hydrogens (tertiary/aromatic N) is 2. The Labute approximate surface area is 175 Å². The minimum Gasteiger partial charge on any atom is -0.494 e. The van der Waals surface area contributed by atoms with Gasteiger partial charge in [-0.15, -0.1) is 12.4 Å². The lowest BCUT2D eigenvalue weighted by atomic mass is 10.3. The summed E-state index contributed by atoms with van der Waals surface area (Å²) in [6.45, 7) is 10.2. The lowest BCUT2D eigenvalue weighted by molar-refractivity contribution is 0.0782. The first kappa shape index (κ1) is 24.4. The van der Waals surface area contributed by atoms with Gasteiger partial charge in [-0.3, -0.25) is 4.90 Å². The number of carbonyl (C=O) groups excluding carboxylic acids is 1. The Morgan fingerprint density at radius 2 is 1.46 bits per heavy atom. The molecule has 1 aliphatic rings. The smallest absolute Gasteiger partial charge is 0.409 e. The summed E-state index contributed by atoms with van der Waals surface area (Å²) >= 11 is 0. The number of amides is 1. The van der Waals surface area contributed by atoms with E-state index in [1.165, 1.54) is 12.8 Å².